The first-order chi connectivity index (χ1) is 26.2. The van der Waals surface area contributed by atoms with Crippen LogP contribution in [0.3, 0.4) is 0 Å². The number of rotatable bonds is 5. The van der Waals surface area contributed by atoms with E-state index in [0.717, 1.165) is 33.4 Å². The Morgan fingerprint density at radius 2 is 0.772 bits per heavy atom. The average Bonchev–Trinajstić information content (AvgIpc) is 3.49. The van der Waals surface area contributed by atoms with Crippen molar-refractivity contribution in [3.05, 3.63) is 101 Å². The first-order valence-corrected chi connectivity index (χ1v) is 20.7. The molecular weight excluding hydrogens is 699 g/mol. The molecule has 0 atom stereocenters. The topological polar surface area (TPSA) is 70.0 Å². The molecule has 3 aromatic carbocycles. The summed E-state index contributed by atoms with van der Waals surface area (Å²) in [7, 11) is -0.406. The SMILES string of the molecule is CC1(C)OB(c2ccc(-c3ccc(-c4nc(-c5ccc6c(c5)C(C)(C)C(C)(C)C6(C)C)nc(-c5ccc6c(c5)C(C)(C)C(C)(C)C6(C)C)n4)cn3)cc2)OC1(C)C. The zero-order valence-electron chi connectivity index (χ0n) is 37.2. The van der Waals surface area contributed by atoms with Crippen molar-refractivity contribution in [2.75, 3.05) is 0 Å². The van der Waals surface area contributed by atoms with E-state index in [0.29, 0.717) is 17.5 Å². The summed E-state index contributed by atoms with van der Waals surface area (Å²) in [6.07, 6.45) is 1.88. The number of benzene rings is 3. The second kappa shape index (κ2) is 12.2. The molecule has 3 heterocycles. The highest BCUT2D eigenvalue weighted by Crippen LogP contribution is 2.63. The number of nitrogens with zero attached hydrogens (tertiary/aromatic N) is 4. The predicted molar refractivity (Wildman–Crippen MR) is 235 cm³/mol. The van der Waals surface area contributed by atoms with Crippen LogP contribution in [-0.2, 0) is 31.0 Å². The lowest BCUT2D eigenvalue weighted by molar-refractivity contribution is 0.00578. The number of hydrogen-bond acceptors (Lipinski definition) is 6. The van der Waals surface area contributed by atoms with Crippen LogP contribution in [0.1, 0.15) is 133 Å². The summed E-state index contributed by atoms with van der Waals surface area (Å²) in [5, 5.41) is 0. The molecule has 0 amide bonds. The van der Waals surface area contributed by atoms with Crippen LogP contribution in [-0.4, -0.2) is 38.3 Å². The Labute approximate surface area is 341 Å². The van der Waals surface area contributed by atoms with Gasteiger partial charge in [-0.2, -0.15) is 0 Å². The second-order valence-electron chi connectivity index (χ2n) is 21.2. The van der Waals surface area contributed by atoms with Gasteiger partial charge in [0.1, 0.15) is 0 Å². The van der Waals surface area contributed by atoms with Crippen LogP contribution in [0, 0.1) is 10.8 Å². The minimum atomic E-state index is -0.406. The van der Waals surface area contributed by atoms with Gasteiger partial charge < -0.3 is 9.31 Å². The molecule has 2 aromatic heterocycles. The van der Waals surface area contributed by atoms with Gasteiger partial charge in [0.25, 0.3) is 0 Å². The zero-order chi connectivity index (χ0) is 41.5. The first kappa shape index (κ1) is 39.6. The van der Waals surface area contributed by atoms with Crippen molar-refractivity contribution < 1.29 is 9.31 Å². The third-order valence-electron chi connectivity index (χ3n) is 16.9. The molecule has 6 nitrogen and oxygen atoms in total. The standard InChI is InChI=1S/C50H61BN4O2/c1-43(2)35-24-19-31(27-37(35)45(5,6)47(43,9)10)40-53-41(32-20-25-36-38(28-32)46(7,8)48(11,12)44(36,3)4)55-42(54-40)33-21-26-39(52-29-33)30-17-22-34(23-18-30)51-56-49(13,14)50(15,16)57-51/h17-29H,1-16H3. The van der Waals surface area contributed by atoms with Crippen LogP contribution in [0.2, 0.25) is 0 Å². The van der Waals surface area contributed by atoms with Crippen LogP contribution in [0.5, 0.6) is 0 Å². The molecule has 0 bridgehead atoms. The van der Waals surface area contributed by atoms with Crippen molar-refractivity contribution in [1.29, 1.82) is 0 Å². The minimum Gasteiger partial charge on any atom is -0.399 e. The molecule has 1 saturated heterocycles. The highest BCUT2D eigenvalue weighted by Gasteiger charge is 2.58. The number of fused-ring (bicyclic) bond motifs is 2. The number of pyridine rings is 1. The van der Waals surface area contributed by atoms with Crippen molar-refractivity contribution in [2.24, 2.45) is 10.8 Å². The monoisotopic (exact) mass is 760 g/mol. The van der Waals surface area contributed by atoms with Gasteiger partial charge in [0.05, 0.1) is 16.9 Å². The molecule has 1 fully saturated rings. The van der Waals surface area contributed by atoms with E-state index >= 15 is 0 Å². The Morgan fingerprint density at radius 1 is 0.404 bits per heavy atom. The summed E-state index contributed by atoms with van der Waals surface area (Å²) in [5.41, 5.74) is 10.5. The van der Waals surface area contributed by atoms with E-state index in [1.54, 1.807) is 0 Å². The predicted octanol–water partition coefficient (Wildman–Crippen LogP) is 11.4. The summed E-state index contributed by atoms with van der Waals surface area (Å²) in [6.45, 7) is 36.9. The maximum atomic E-state index is 6.29. The van der Waals surface area contributed by atoms with Crippen molar-refractivity contribution in [1.82, 2.24) is 19.9 Å². The van der Waals surface area contributed by atoms with E-state index in [-0.39, 0.29) is 32.5 Å². The van der Waals surface area contributed by atoms with Crippen LogP contribution in [0.4, 0.5) is 0 Å². The molecule has 296 valence electrons. The van der Waals surface area contributed by atoms with Crippen molar-refractivity contribution in [3.8, 4) is 45.4 Å². The van der Waals surface area contributed by atoms with Crippen molar-refractivity contribution >= 4 is 12.6 Å². The van der Waals surface area contributed by atoms with Gasteiger partial charge in [0.15, 0.2) is 17.5 Å². The zero-order valence-corrected chi connectivity index (χ0v) is 37.2. The third-order valence-corrected chi connectivity index (χ3v) is 16.9. The van der Waals surface area contributed by atoms with Gasteiger partial charge in [-0.3, -0.25) is 4.98 Å². The largest absolute Gasteiger partial charge is 0.494 e. The summed E-state index contributed by atoms with van der Waals surface area (Å²) >= 11 is 0. The van der Waals surface area contributed by atoms with E-state index in [1.807, 2.05) is 12.3 Å². The fraction of sp³-hybridized carbons (Fsp3) is 0.480. The average molecular weight is 761 g/mol. The smallest absolute Gasteiger partial charge is 0.399 e. The molecule has 0 N–H and O–H groups in total. The Hall–Kier alpha value is -4.20. The summed E-state index contributed by atoms with van der Waals surface area (Å²) < 4.78 is 12.6. The van der Waals surface area contributed by atoms with Crippen molar-refractivity contribution in [3.63, 3.8) is 0 Å². The van der Waals surface area contributed by atoms with Gasteiger partial charge in [-0.25, -0.2) is 15.0 Å². The molecule has 1 aliphatic heterocycles. The first-order valence-electron chi connectivity index (χ1n) is 20.7. The normalized spacial score (nSPS) is 22.3. The lowest BCUT2D eigenvalue weighted by atomic mass is 9.59. The Morgan fingerprint density at radius 3 is 1.18 bits per heavy atom. The van der Waals surface area contributed by atoms with Gasteiger partial charge in [-0.05, 0) is 112 Å². The fourth-order valence-corrected chi connectivity index (χ4v) is 9.65. The molecule has 5 aromatic rings. The van der Waals surface area contributed by atoms with Crippen LogP contribution < -0.4 is 5.46 Å². The van der Waals surface area contributed by atoms with Gasteiger partial charge in [0.2, 0.25) is 0 Å². The van der Waals surface area contributed by atoms with Gasteiger partial charge in [0, 0.05) is 28.5 Å². The number of hydrogen-bond donors (Lipinski definition) is 0. The lowest BCUT2D eigenvalue weighted by Gasteiger charge is -2.44. The second-order valence-corrected chi connectivity index (χ2v) is 21.2. The van der Waals surface area contributed by atoms with E-state index in [9.17, 15) is 0 Å². The summed E-state index contributed by atoms with van der Waals surface area (Å²) in [5.74, 6) is 1.93. The molecule has 0 saturated carbocycles. The molecular formula is C50H61BN4O2. The van der Waals surface area contributed by atoms with Crippen LogP contribution in [0.15, 0.2) is 79.0 Å². The molecule has 0 radical (unpaired) electrons. The summed E-state index contributed by atoms with van der Waals surface area (Å²) in [4.78, 5) is 20.6. The molecule has 0 spiro atoms. The molecule has 2 aliphatic carbocycles. The van der Waals surface area contributed by atoms with E-state index in [2.05, 4.69) is 178 Å². The van der Waals surface area contributed by atoms with Crippen LogP contribution in [0.25, 0.3) is 45.4 Å². The highest BCUT2D eigenvalue weighted by molar-refractivity contribution is 6.62. The quantitative estimate of drug-likeness (QED) is 0.166. The molecule has 0 unspecified atom stereocenters. The Balaban J connectivity index is 1.20. The molecule has 7 heteroatoms. The maximum absolute atomic E-state index is 6.29. The van der Waals surface area contributed by atoms with Gasteiger partial charge in [-0.15, -0.1) is 0 Å². The number of aromatic nitrogens is 4. The van der Waals surface area contributed by atoms with E-state index < -0.39 is 18.3 Å². The third kappa shape index (κ3) is 5.50. The highest BCUT2D eigenvalue weighted by atomic mass is 16.7. The Bertz CT molecular complexity index is 2300. The van der Waals surface area contributed by atoms with Gasteiger partial charge in [-0.1, -0.05) is 132 Å². The Kier molecular flexibility index (Phi) is 8.46. The van der Waals surface area contributed by atoms with E-state index in [1.165, 1.54) is 22.3 Å². The van der Waals surface area contributed by atoms with Crippen molar-refractivity contribution in [2.45, 2.75) is 144 Å². The van der Waals surface area contributed by atoms with Crippen LogP contribution >= 0.6 is 0 Å². The lowest BCUT2D eigenvalue weighted by Crippen LogP contribution is -2.42. The summed E-state index contributed by atoms with van der Waals surface area (Å²) in [6, 6.07) is 26.1. The van der Waals surface area contributed by atoms with E-state index in [4.69, 9.17) is 29.2 Å². The minimum absolute atomic E-state index is 0.0121. The molecule has 8 rings (SSSR count). The molecule has 3 aliphatic rings. The van der Waals surface area contributed by atoms with Gasteiger partial charge >= 0.3 is 7.12 Å². The fourth-order valence-electron chi connectivity index (χ4n) is 9.65. The molecule has 57 heavy (non-hydrogen) atoms. The maximum Gasteiger partial charge on any atom is 0.494 e.